The van der Waals surface area contributed by atoms with Crippen LogP contribution in [0, 0.1) is 35.0 Å². The van der Waals surface area contributed by atoms with Gasteiger partial charge in [0.15, 0.2) is 0 Å². The Morgan fingerprint density at radius 1 is 1.00 bits per heavy atom. The third-order valence-electron chi connectivity index (χ3n) is 7.97. The Morgan fingerprint density at radius 2 is 1.52 bits per heavy atom. The van der Waals surface area contributed by atoms with Crippen molar-refractivity contribution in [3.63, 3.8) is 0 Å². The fourth-order valence-corrected chi connectivity index (χ4v) is 7.30. The van der Waals surface area contributed by atoms with Crippen LogP contribution in [0.5, 0.6) is 0 Å². The lowest BCUT2D eigenvalue weighted by Crippen LogP contribution is -2.56. The summed E-state index contributed by atoms with van der Waals surface area (Å²) in [7, 11) is 0. The van der Waals surface area contributed by atoms with Crippen molar-refractivity contribution in [2.45, 2.75) is 72.0 Å². The van der Waals surface area contributed by atoms with Gasteiger partial charge in [-0.15, -0.1) is 0 Å². The molecule has 5 rings (SSSR count). The Kier molecular flexibility index (Phi) is 6.62. The predicted octanol–water partition coefficient (Wildman–Crippen LogP) is 6.85. The van der Waals surface area contributed by atoms with Crippen LogP contribution in [0.4, 0.5) is 0 Å². The van der Waals surface area contributed by atoms with Gasteiger partial charge < -0.3 is 9.47 Å². The number of rotatable bonds is 6. The van der Waals surface area contributed by atoms with E-state index in [0.29, 0.717) is 23.7 Å². The van der Waals surface area contributed by atoms with E-state index in [-0.39, 0.29) is 30.1 Å². The van der Waals surface area contributed by atoms with Crippen molar-refractivity contribution in [2.75, 3.05) is 0 Å². The lowest BCUT2D eigenvalue weighted by molar-refractivity contribution is -0.195. The van der Waals surface area contributed by atoms with Gasteiger partial charge in [-0.2, -0.15) is 0 Å². The summed E-state index contributed by atoms with van der Waals surface area (Å²) in [5, 5.41) is 0. The van der Waals surface area contributed by atoms with Gasteiger partial charge in [0.2, 0.25) is 0 Å². The molecule has 0 aliphatic heterocycles. The van der Waals surface area contributed by atoms with Crippen LogP contribution in [0.25, 0.3) is 0 Å². The van der Waals surface area contributed by atoms with Crippen LogP contribution < -0.4 is 0 Å². The van der Waals surface area contributed by atoms with Crippen molar-refractivity contribution in [3.05, 3.63) is 32.7 Å². The standard InChI is InChI=1S/C25H32Br2O4/c1-5-25(3,4)24(29)31-22-17-6-15-7-18(22)9-16(8-17)21(15)23(28)30-13(2)14-10-19(26)12-20(27)11-14/h10-13,15-18,21-22H,5-9H2,1-4H3. The molecule has 1 atom stereocenters. The summed E-state index contributed by atoms with van der Waals surface area (Å²) in [4.78, 5) is 25.8. The van der Waals surface area contributed by atoms with Crippen molar-refractivity contribution < 1.29 is 19.1 Å². The summed E-state index contributed by atoms with van der Waals surface area (Å²) in [5.41, 5.74) is 0.544. The Labute approximate surface area is 202 Å². The van der Waals surface area contributed by atoms with E-state index < -0.39 is 5.41 Å². The summed E-state index contributed by atoms with van der Waals surface area (Å²) in [5.74, 6) is 1.34. The molecule has 4 bridgehead atoms. The van der Waals surface area contributed by atoms with Gasteiger partial charge in [0.1, 0.15) is 12.2 Å². The smallest absolute Gasteiger partial charge is 0.311 e. The minimum absolute atomic E-state index is 0.0192. The molecule has 4 aliphatic carbocycles. The van der Waals surface area contributed by atoms with Gasteiger partial charge in [0, 0.05) is 8.95 Å². The molecule has 0 aromatic heterocycles. The summed E-state index contributed by atoms with van der Waals surface area (Å²) in [6.45, 7) is 7.89. The minimum Gasteiger partial charge on any atom is -0.461 e. The second-order valence-electron chi connectivity index (χ2n) is 10.4. The number of esters is 2. The summed E-state index contributed by atoms with van der Waals surface area (Å²) >= 11 is 7.02. The number of benzene rings is 1. The van der Waals surface area contributed by atoms with Gasteiger partial charge in [-0.05, 0) is 100 Å². The molecule has 0 saturated heterocycles. The van der Waals surface area contributed by atoms with E-state index in [4.69, 9.17) is 9.47 Å². The zero-order chi connectivity index (χ0) is 22.5. The van der Waals surface area contributed by atoms with Crippen LogP contribution in [0.1, 0.15) is 71.5 Å². The molecule has 1 aromatic rings. The molecule has 6 heteroatoms. The second kappa shape index (κ2) is 8.81. The third kappa shape index (κ3) is 4.62. The molecule has 0 N–H and O–H groups in total. The van der Waals surface area contributed by atoms with Gasteiger partial charge in [-0.3, -0.25) is 9.59 Å². The molecule has 1 unspecified atom stereocenters. The van der Waals surface area contributed by atoms with E-state index in [9.17, 15) is 9.59 Å². The highest BCUT2D eigenvalue weighted by Crippen LogP contribution is 2.58. The molecular weight excluding hydrogens is 524 g/mol. The maximum atomic E-state index is 13.2. The number of hydrogen-bond donors (Lipinski definition) is 0. The van der Waals surface area contributed by atoms with E-state index in [1.165, 1.54) is 0 Å². The summed E-state index contributed by atoms with van der Waals surface area (Å²) in [6.07, 6.45) is 4.38. The molecule has 4 saturated carbocycles. The van der Waals surface area contributed by atoms with Gasteiger partial charge in [-0.1, -0.05) is 38.8 Å². The molecule has 4 aliphatic rings. The molecule has 0 amide bonds. The average molecular weight is 556 g/mol. The maximum absolute atomic E-state index is 13.2. The quantitative estimate of drug-likeness (QED) is 0.360. The normalized spacial score (nSPS) is 32.6. The van der Waals surface area contributed by atoms with Crippen LogP contribution in [0.3, 0.4) is 0 Å². The Morgan fingerprint density at radius 3 is 2.00 bits per heavy atom. The van der Waals surface area contributed by atoms with Gasteiger partial charge >= 0.3 is 11.9 Å². The first kappa shape index (κ1) is 23.3. The molecule has 0 heterocycles. The SMILES string of the molecule is CCC(C)(C)C(=O)OC1C2CC3CC1CC(C2)C3C(=O)OC(C)c1cc(Br)cc(Br)c1. The van der Waals surface area contributed by atoms with Crippen molar-refractivity contribution in [3.8, 4) is 0 Å². The van der Waals surface area contributed by atoms with Crippen molar-refractivity contribution >= 4 is 43.8 Å². The van der Waals surface area contributed by atoms with E-state index in [1.54, 1.807) is 0 Å². The van der Waals surface area contributed by atoms with E-state index >= 15 is 0 Å². The highest BCUT2D eigenvalue weighted by molar-refractivity contribution is 9.11. The molecule has 4 nitrogen and oxygen atoms in total. The number of halogens is 2. The third-order valence-corrected chi connectivity index (χ3v) is 8.88. The zero-order valence-corrected chi connectivity index (χ0v) is 21.9. The molecule has 170 valence electrons. The Hall–Kier alpha value is -0.880. The van der Waals surface area contributed by atoms with E-state index in [2.05, 4.69) is 31.9 Å². The first-order chi connectivity index (χ1) is 14.6. The first-order valence-electron chi connectivity index (χ1n) is 11.5. The molecule has 31 heavy (non-hydrogen) atoms. The lowest BCUT2D eigenvalue weighted by atomic mass is 9.50. The minimum atomic E-state index is -0.432. The van der Waals surface area contributed by atoms with Gasteiger partial charge in [-0.25, -0.2) is 0 Å². The zero-order valence-electron chi connectivity index (χ0n) is 18.7. The second-order valence-corrected chi connectivity index (χ2v) is 12.2. The highest BCUT2D eigenvalue weighted by Gasteiger charge is 2.57. The predicted molar refractivity (Wildman–Crippen MR) is 126 cm³/mol. The van der Waals surface area contributed by atoms with Crippen molar-refractivity contribution in [1.82, 2.24) is 0 Å². The molecule has 4 fully saturated rings. The molecule has 0 radical (unpaired) electrons. The number of carbonyl (C=O) groups is 2. The van der Waals surface area contributed by atoms with Crippen LogP contribution >= 0.6 is 31.9 Å². The molecule has 1 aromatic carbocycles. The fraction of sp³-hybridized carbons (Fsp3) is 0.680. The van der Waals surface area contributed by atoms with Crippen LogP contribution in [0.15, 0.2) is 27.1 Å². The van der Waals surface area contributed by atoms with Gasteiger partial charge in [0.05, 0.1) is 11.3 Å². The number of carbonyl (C=O) groups excluding carboxylic acids is 2. The summed E-state index contributed by atoms with van der Waals surface area (Å²) < 4.78 is 13.9. The van der Waals surface area contributed by atoms with Crippen molar-refractivity contribution in [2.24, 2.45) is 35.0 Å². The topological polar surface area (TPSA) is 52.6 Å². The lowest BCUT2D eigenvalue weighted by Gasteiger charge is -2.56. The largest absolute Gasteiger partial charge is 0.461 e. The van der Waals surface area contributed by atoms with Gasteiger partial charge in [0.25, 0.3) is 0 Å². The van der Waals surface area contributed by atoms with Crippen LogP contribution in [-0.2, 0) is 19.1 Å². The van der Waals surface area contributed by atoms with Crippen LogP contribution in [-0.4, -0.2) is 18.0 Å². The van der Waals surface area contributed by atoms with Crippen LogP contribution in [0.2, 0.25) is 0 Å². The van der Waals surface area contributed by atoms with E-state index in [0.717, 1.165) is 46.6 Å². The fourth-order valence-electron chi connectivity index (χ4n) is 5.97. The van der Waals surface area contributed by atoms with Crippen molar-refractivity contribution in [1.29, 1.82) is 0 Å². The summed E-state index contributed by atoms with van der Waals surface area (Å²) in [6, 6.07) is 5.97. The van der Waals surface area contributed by atoms with E-state index in [1.807, 2.05) is 45.9 Å². The Bertz CT molecular complexity index is 815. The number of ether oxygens (including phenoxy) is 2. The average Bonchev–Trinajstić information content (AvgIpc) is 2.68. The maximum Gasteiger partial charge on any atom is 0.311 e. The Balaban J connectivity index is 1.40. The highest BCUT2D eigenvalue weighted by atomic mass is 79.9. The first-order valence-corrected chi connectivity index (χ1v) is 13.0. The number of hydrogen-bond acceptors (Lipinski definition) is 4. The monoisotopic (exact) mass is 554 g/mol. The molecular formula is C25H32Br2O4. The molecule has 0 spiro atoms.